The van der Waals surface area contributed by atoms with Gasteiger partial charge in [0.05, 0.1) is 0 Å². The van der Waals surface area contributed by atoms with Gasteiger partial charge in [0, 0.05) is 23.0 Å². The summed E-state index contributed by atoms with van der Waals surface area (Å²) in [5.74, 6) is 1.24. The number of benzene rings is 1. The number of hydrogen-bond acceptors (Lipinski definition) is 4. The van der Waals surface area contributed by atoms with Gasteiger partial charge in [0.15, 0.2) is 0 Å². The molecule has 0 radical (unpaired) electrons. The molecule has 5 heteroatoms. The Labute approximate surface area is 124 Å². The quantitative estimate of drug-likeness (QED) is 0.826. The van der Waals surface area contributed by atoms with Crippen LogP contribution >= 0.6 is 11.6 Å². The number of aromatic nitrogens is 2. The zero-order valence-electron chi connectivity index (χ0n) is 12.1. The number of hydrogen-bond donors (Lipinski definition) is 1. The van der Waals surface area contributed by atoms with Crippen molar-refractivity contribution < 1.29 is 4.42 Å². The van der Waals surface area contributed by atoms with E-state index in [0.29, 0.717) is 22.8 Å². The van der Waals surface area contributed by atoms with Crippen molar-refractivity contribution in [2.75, 3.05) is 6.54 Å². The van der Waals surface area contributed by atoms with Gasteiger partial charge in [0.25, 0.3) is 0 Å². The fourth-order valence-electron chi connectivity index (χ4n) is 1.96. The lowest BCUT2D eigenvalue weighted by atomic mass is 10.1. The fourth-order valence-corrected chi connectivity index (χ4v) is 2.19. The smallest absolute Gasteiger partial charge is 0.247 e. The van der Waals surface area contributed by atoms with Crippen molar-refractivity contribution in [1.82, 2.24) is 15.5 Å². The van der Waals surface area contributed by atoms with Crippen LogP contribution in [0.5, 0.6) is 0 Å². The SMILES string of the molecule is Cc1cc(Cl)ccc1-c1nnc(CCCNC(C)C)o1. The van der Waals surface area contributed by atoms with Crippen LogP contribution in [0, 0.1) is 6.92 Å². The Balaban J connectivity index is 1.98. The van der Waals surface area contributed by atoms with Gasteiger partial charge < -0.3 is 9.73 Å². The van der Waals surface area contributed by atoms with Crippen LogP contribution in [0.3, 0.4) is 0 Å². The number of nitrogens with zero attached hydrogens (tertiary/aromatic N) is 2. The molecule has 0 unspecified atom stereocenters. The maximum absolute atomic E-state index is 5.95. The van der Waals surface area contributed by atoms with E-state index in [4.69, 9.17) is 16.0 Å². The van der Waals surface area contributed by atoms with E-state index < -0.39 is 0 Å². The highest BCUT2D eigenvalue weighted by Gasteiger charge is 2.11. The van der Waals surface area contributed by atoms with Crippen molar-refractivity contribution in [1.29, 1.82) is 0 Å². The minimum absolute atomic E-state index is 0.505. The van der Waals surface area contributed by atoms with Gasteiger partial charge >= 0.3 is 0 Å². The monoisotopic (exact) mass is 293 g/mol. The molecular weight excluding hydrogens is 274 g/mol. The summed E-state index contributed by atoms with van der Waals surface area (Å²) < 4.78 is 5.70. The van der Waals surface area contributed by atoms with Gasteiger partial charge in [-0.15, -0.1) is 10.2 Å². The second-order valence-electron chi connectivity index (χ2n) is 5.17. The molecule has 0 amide bonds. The maximum Gasteiger partial charge on any atom is 0.247 e. The molecule has 0 spiro atoms. The Morgan fingerprint density at radius 2 is 2.10 bits per heavy atom. The van der Waals surface area contributed by atoms with Crippen molar-refractivity contribution in [3.63, 3.8) is 0 Å². The predicted molar refractivity (Wildman–Crippen MR) is 80.9 cm³/mol. The molecule has 108 valence electrons. The molecule has 0 aliphatic heterocycles. The van der Waals surface area contributed by atoms with E-state index in [2.05, 4.69) is 29.4 Å². The Morgan fingerprint density at radius 1 is 1.30 bits per heavy atom. The standard InChI is InChI=1S/C15H20ClN3O/c1-10(2)17-8-4-5-14-18-19-15(20-14)13-7-6-12(16)9-11(13)3/h6-7,9-10,17H,4-5,8H2,1-3H3. The largest absolute Gasteiger partial charge is 0.421 e. The van der Waals surface area contributed by atoms with E-state index >= 15 is 0 Å². The molecule has 0 atom stereocenters. The van der Waals surface area contributed by atoms with Gasteiger partial charge in [-0.3, -0.25) is 0 Å². The minimum Gasteiger partial charge on any atom is -0.421 e. The lowest BCUT2D eigenvalue weighted by molar-refractivity contribution is 0.484. The first-order valence-electron chi connectivity index (χ1n) is 6.88. The molecule has 0 aliphatic carbocycles. The average Bonchev–Trinajstić information content (AvgIpc) is 2.83. The van der Waals surface area contributed by atoms with Gasteiger partial charge in [-0.25, -0.2) is 0 Å². The van der Waals surface area contributed by atoms with Crippen molar-refractivity contribution in [3.8, 4) is 11.5 Å². The molecule has 0 bridgehead atoms. The molecule has 1 heterocycles. The van der Waals surface area contributed by atoms with Crippen molar-refractivity contribution in [3.05, 3.63) is 34.7 Å². The number of aryl methyl sites for hydroxylation is 2. The van der Waals surface area contributed by atoms with Crippen LogP contribution in [-0.2, 0) is 6.42 Å². The first-order chi connectivity index (χ1) is 9.56. The summed E-state index contributed by atoms with van der Waals surface area (Å²) in [6.07, 6.45) is 1.78. The van der Waals surface area contributed by atoms with Gasteiger partial charge in [-0.2, -0.15) is 0 Å². The summed E-state index contributed by atoms with van der Waals surface area (Å²) in [6, 6.07) is 6.15. The second-order valence-corrected chi connectivity index (χ2v) is 5.61. The summed E-state index contributed by atoms with van der Waals surface area (Å²) in [4.78, 5) is 0. The van der Waals surface area contributed by atoms with Crippen LogP contribution in [0.25, 0.3) is 11.5 Å². The summed E-state index contributed by atoms with van der Waals surface area (Å²) in [6.45, 7) is 7.20. The van der Waals surface area contributed by atoms with E-state index in [1.165, 1.54) is 0 Å². The van der Waals surface area contributed by atoms with Gasteiger partial charge in [0.1, 0.15) is 0 Å². The first kappa shape index (κ1) is 15.0. The van der Waals surface area contributed by atoms with Gasteiger partial charge in [-0.1, -0.05) is 25.4 Å². The average molecular weight is 294 g/mol. The summed E-state index contributed by atoms with van der Waals surface area (Å²) in [5, 5.41) is 12.3. The molecular formula is C15H20ClN3O. The van der Waals surface area contributed by atoms with Crippen LogP contribution < -0.4 is 5.32 Å². The topological polar surface area (TPSA) is 51.0 Å². The van der Waals surface area contributed by atoms with E-state index in [9.17, 15) is 0 Å². The fraction of sp³-hybridized carbons (Fsp3) is 0.467. The lowest BCUT2D eigenvalue weighted by Gasteiger charge is -2.05. The van der Waals surface area contributed by atoms with Crippen molar-refractivity contribution in [2.45, 2.75) is 39.7 Å². The molecule has 0 aliphatic rings. The molecule has 0 saturated heterocycles. The predicted octanol–water partition coefficient (Wildman–Crippen LogP) is 3.63. The summed E-state index contributed by atoms with van der Waals surface area (Å²) in [5.41, 5.74) is 1.97. The maximum atomic E-state index is 5.95. The number of halogens is 1. The summed E-state index contributed by atoms with van der Waals surface area (Å²) in [7, 11) is 0. The molecule has 1 aromatic heterocycles. The Hall–Kier alpha value is -1.39. The highest BCUT2D eigenvalue weighted by Crippen LogP contribution is 2.25. The molecule has 4 nitrogen and oxygen atoms in total. The third kappa shape index (κ3) is 4.05. The van der Waals surface area contributed by atoms with Crippen LogP contribution in [0.15, 0.2) is 22.6 Å². The summed E-state index contributed by atoms with van der Waals surface area (Å²) >= 11 is 5.95. The molecule has 1 N–H and O–H groups in total. The van der Waals surface area contributed by atoms with Gasteiger partial charge in [0.2, 0.25) is 11.8 Å². The van der Waals surface area contributed by atoms with Crippen molar-refractivity contribution in [2.24, 2.45) is 0 Å². The first-order valence-corrected chi connectivity index (χ1v) is 7.26. The van der Waals surface area contributed by atoms with Crippen molar-refractivity contribution >= 4 is 11.6 Å². The Bertz CT molecular complexity index is 566. The Kier molecular flexibility index (Phi) is 5.15. The minimum atomic E-state index is 0.505. The van der Waals surface area contributed by atoms with E-state index in [0.717, 1.165) is 30.5 Å². The molecule has 0 saturated carbocycles. The van der Waals surface area contributed by atoms with E-state index in [-0.39, 0.29) is 0 Å². The highest BCUT2D eigenvalue weighted by atomic mass is 35.5. The number of nitrogens with one attached hydrogen (secondary N) is 1. The van der Waals surface area contributed by atoms with Crippen LogP contribution in [0.1, 0.15) is 31.7 Å². The third-order valence-corrected chi connectivity index (χ3v) is 3.24. The van der Waals surface area contributed by atoms with E-state index in [1.54, 1.807) is 0 Å². The van der Waals surface area contributed by atoms with Crippen LogP contribution in [0.2, 0.25) is 5.02 Å². The van der Waals surface area contributed by atoms with E-state index in [1.807, 2.05) is 25.1 Å². The Morgan fingerprint density at radius 3 is 2.80 bits per heavy atom. The van der Waals surface area contributed by atoms with Crippen LogP contribution in [0.4, 0.5) is 0 Å². The lowest BCUT2D eigenvalue weighted by Crippen LogP contribution is -2.23. The zero-order chi connectivity index (χ0) is 14.5. The van der Waals surface area contributed by atoms with Gasteiger partial charge in [-0.05, 0) is 43.7 Å². The molecule has 20 heavy (non-hydrogen) atoms. The highest BCUT2D eigenvalue weighted by molar-refractivity contribution is 6.30. The second kappa shape index (κ2) is 6.86. The molecule has 0 fully saturated rings. The van der Waals surface area contributed by atoms with Crippen LogP contribution in [-0.4, -0.2) is 22.8 Å². The molecule has 2 aromatic rings. The number of rotatable bonds is 6. The molecule has 2 rings (SSSR count). The third-order valence-electron chi connectivity index (χ3n) is 3.01. The molecule has 1 aromatic carbocycles. The zero-order valence-corrected chi connectivity index (χ0v) is 12.9. The normalized spacial score (nSPS) is 11.2.